The predicted octanol–water partition coefficient (Wildman–Crippen LogP) is 2.02. The molecule has 3 heterocycles. The number of carbonyl (C=O) groups excluding carboxylic acids is 1. The minimum absolute atomic E-state index is 0.110. The first kappa shape index (κ1) is 21.7. The summed E-state index contributed by atoms with van der Waals surface area (Å²) in [6.45, 7) is 3.84. The van der Waals surface area contributed by atoms with E-state index in [9.17, 15) is 17.6 Å². The van der Waals surface area contributed by atoms with Crippen molar-refractivity contribution in [3.05, 3.63) is 30.1 Å². The summed E-state index contributed by atoms with van der Waals surface area (Å²) in [5, 5.41) is 0. The van der Waals surface area contributed by atoms with Gasteiger partial charge in [0.15, 0.2) is 0 Å². The summed E-state index contributed by atoms with van der Waals surface area (Å²) >= 11 is 0. The number of hydrogen-bond donors (Lipinski definition) is 0. The van der Waals surface area contributed by atoms with E-state index in [1.54, 1.807) is 0 Å². The van der Waals surface area contributed by atoms with Crippen LogP contribution in [0.2, 0.25) is 0 Å². The molecule has 0 aromatic heterocycles. The predicted molar refractivity (Wildman–Crippen MR) is 108 cm³/mol. The van der Waals surface area contributed by atoms with Crippen molar-refractivity contribution in [2.45, 2.75) is 42.6 Å². The second-order valence-corrected chi connectivity index (χ2v) is 10.4. The lowest BCUT2D eigenvalue weighted by Crippen LogP contribution is -2.51. The molecule has 9 heteroatoms. The molecule has 1 aromatic carbocycles. The van der Waals surface area contributed by atoms with E-state index in [0.717, 1.165) is 12.8 Å². The van der Waals surface area contributed by atoms with Crippen molar-refractivity contribution in [3.8, 4) is 0 Å². The second kappa shape index (κ2) is 8.90. The van der Waals surface area contributed by atoms with Gasteiger partial charge >= 0.3 is 0 Å². The summed E-state index contributed by atoms with van der Waals surface area (Å²) in [5.74, 6) is -0.0224. The van der Waals surface area contributed by atoms with E-state index in [0.29, 0.717) is 65.3 Å². The number of rotatable bonds is 4. The van der Waals surface area contributed by atoms with Crippen molar-refractivity contribution in [2.24, 2.45) is 5.92 Å². The molecule has 0 N–H and O–H groups in total. The highest BCUT2D eigenvalue weighted by molar-refractivity contribution is 7.89. The number of hydrogen-bond acceptors (Lipinski definition) is 5. The van der Waals surface area contributed by atoms with E-state index in [4.69, 9.17) is 9.47 Å². The van der Waals surface area contributed by atoms with E-state index in [-0.39, 0.29) is 22.3 Å². The van der Waals surface area contributed by atoms with Crippen molar-refractivity contribution in [2.75, 3.05) is 46.0 Å². The van der Waals surface area contributed by atoms with Gasteiger partial charge in [-0.15, -0.1) is 0 Å². The molecular formula is C21H29FN2O5S. The average Bonchev–Trinajstić information content (AvgIpc) is 2.75. The minimum atomic E-state index is -3.64. The van der Waals surface area contributed by atoms with Gasteiger partial charge in [-0.05, 0) is 55.9 Å². The topological polar surface area (TPSA) is 76.2 Å². The van der Waals surface area contributed by atoms with Crippen LogP contribution in [0.5, 0.6) is 0 Å². The van der Waals surface area contributed by atoms with Crippen molar-refractivity contribution >= 4 is 15.9 Å². The third-order valence-corrected chi connectivity index (χ3v) is 8.42. The molecule has 3 saturated heterocycles. The number of amides is 1. The Morgan fingerprint density at radius 2 is 1.73 bits per heavy atom. The number of carbonyl (C=O) groups is 1. The highest BCUT2D eigenvalue weighted by atomic mass is 32.2. The Kier molecular flexibility index (Phi) is 6.43. The molecule has 4 rings (SSSR count). The van der Waals surface area contributed by atoms with E-state index >= 15 is 0 Å². The lowest BCUT2D eigenvalue weighted by atomic mass is 9.78. The van der Waals surface area contributed by atoms with Gasteiger partial charge in [-0.25, -0.2) is 12.8 Å². The Balaban J connectivity index is 1.35. The zero-order valence-corrected chi connectivity index (χ0v) is 17.9. The third kappa shape index (κ3) is 4.69. The highest BCUT2D eigenvalue weighted by Gasteiger charge is 2.43. The van der Waals surface area contributed by atoms with Crippen molar-refractivity contribution in [1.29, 1.82) is 0 Å². The zero-order valence-electron chi connectivity index (χ0n) is 17.1. The summed E-state index contributed by atoms with van der Waals surface area (Å²) in [5.41, 5.74) is -0.358. The lowest BCUT2D eigenvalue weighted by molar-refractivity contribution is -0.143. The van der Waals surface area contributed by atoms with Crippen LogP contribution >= 0.6 is 0 Å². The molecular weight excluding hydrogens is 411 g/mol. The van der Waals surface area contributed by atoms with Gasteiger partial charge < -0.3 is 14.4 Å². The van der Waals surface area contributed by atoms with Crippen LogP contribution in [0.4, 0.5) is 4.39 Å². The van der Waals surface area contributed by atoms with E-state index in [1.807, 2.05) is 4.90 Å². The Hall–Kier alpha value is -1.55. The molecule has 1 aromatic rings. The SMILES string of the molecule is O=C(CC1CCOC2(CCN(S(=O)(=O)c3ccc(F)cc3)CC2)C1)N1CCOCC1. The maximum Gasteiger partial charge on any atom is 0.243 e. The molecule has 7 nitrogen and oxygen atoms in total. The molecule has 0 aliphatic carbocycles. The smallest absolute Gasteiger partial charge is 0.243 e. The largest absolute Gasteiger partial charge is 0.378 e. The Bertz CT molecular complexity index is 847. The number of benzene rings is 1. The molecule has 3 fully saturated rings. The van der Waals surface area contributed by atoms with E-state index in [1.165, 1.54) is 28.6 Å². The molecule has 0 radical (unpaired) electrons. The van der Waals surface area contributed by atoms with Crippen LogP contribution in [0.15, 0.2) is 29.2 Å². The normalized spacial score (nSPS) is 25.4. The fourth-order valence-electron chi connectivity index (χ4n) is 4.73. The Labute approximate surface area is 177 Å². The summed E-state index contributed by atoms with van der Waals surface area (Å²) < 4.78 is 51.8. The second-order valence-electron chi connectivity index (χ2n) is 8.45. The van der Waals surface area contributed by atoms with Crippen LogP contribution < -0.4 is 0 Å². The maximum atomic E-state index is 13.1. The molecule has 166 valence electrons. The van der Waals surface area contributed by atoms with Crippen LogP contribution in [0.25, 0.3) is 0 Å². The number of morpholine rings is 1. The van der Waals surface area contributed by atoms with Crippen molar-refractivity contribution in [3.63, 3.8) is 0 Å². The monoisotopic (exact) mass is 440 g/mol. The molecule has 1 amide bonds. The first-order chi connectivity index (χ1) is 14.4. The van der Waals surface area contributed by atoms with Gasteiger partial charge in [0, 0.05) is 39.2 Å². The van der Waals surface area contributed by atoms with Gasteiger partial charge in [-0.1, -0.05) is 0 Å². The Morgan fingerprint density at radius 3 is 2.40 bits per heavy atom. The number of nitrogens with zero attached hydrogens (tertiary/aromatic N) is 2. The van der Waals surface area contributed by atoms with Gasteiger partial charge in [0.05, 0.1) is 23.7 Å². The number of piperidine rings is 1. The van der Waals surface area contributed by atoms with Crippen molar-refractivity contribution in [1.82, 2.24) is 9.21 Å². The first-order valence-electron chi connectivity index (χ1n) is 10.6. The quantitative estimate of drug-likeness (QED) is 0.716. The van der Waals surface area contributed by atoms with Crippen LogP contribution in [0.1, 0.15) is 32.1 Å². The fourth-order valence-corrected chi connectivity index (χ4v) is 6.17. The minimum Gasteiger partial charge on any atom is -0.378 e. The molecule has 1 spiro atoms. The molecule has 1 unspecified atom stereocenters. The summed E-state index contributed by atoms with van der Waals surface area (Å²) in [6, 6.07) is 4.94. The third-order valence-electron chi connectivity index (χ3n) is 6.51. The van der Waals surface area contributed by atoms with Crippen LogP contribution in [0, 0.1) is 11.7 Å². The number of sulfonamides is 1. The van der Waals surface area contributed by atoms with Crippen LogP contribution in [-0.2, 0) is 24.3 Å². The molecule has 0 bridgehead atoms. The lowest BCUT2D eigenvalue weighted by Gasteiger charge is -2.46. The molecule has 3 aliphatic rings. The van der Waals surface area contributed by atoms with Gasteiger partial charge in [-0.2, -0.15) is 4.31 Å². The summed E-state index contributed by atoms with van der Waals surface area (Å²) in [6.07, 6.45) is 3.37. The van der Waals surface area contributed by atoms with E-state index in [2.05, 4.69) is 0 Å². The molecule has 0 saturated carbocycles. The summed E-state index contributed by atoms with van der Waals surface area (Å²) in [7, 11) is -3.64. The van der Waals surface area contributed by atoms with Gasteiger partial charge in [0.25, 0.3) is 0 Å². The van der Waals surface area contributed by atoms with Gasteiger partial charge in [-0.3, -0.25) is 4.79 Å². The molecule has 1 atom stereocenters. The molecule has 3 aliphatic heterocycles. The van der Waals surface area contributed by atoms with Gasteiger partial charge in [0.2, 0.25) is 15.9 Å². The van der Waals surface area contributed by atoms with Crippen LogP contribution in [-0.4, -0.2) is 75.1 Å². The average molecular weight is 441 g/mol. The highest BCUT2D eigenvalue weighted by Crippen LogP contribution is 2.40. The first-order valence-corrected chi connectivity index (χ1v) is 12.1. The molecule has 30 heavy (non-hydrogen) atoms. The maximum absolute atomic E-state index is 13.1. The number of ether oxygens (including phenoxy) is 2. The standard InChI is InChI=1S/C21H29FN2O5S/c22-18-1-3-19(4-2-18)30(26,27)24-8-6-21(7-9-24)16-17(5-12-29-21)15-20(25)23-10-13-28-14-11-23/h1-4,17H,5-16H2. The van der Waals surface area contributed by atoms with E-state index < -0.39 is 15.8 Å². The zero-order chi connectivity index (χ0) is 21.2. The summed E-state index contributed by atoms with van der Waals surface area (Å²) in [4.78, 5) is 14.6. The Morgan fingerprint density at radius 1 is 1.07 bits per heavy atom. The van der Waals surface area contributed by atoms with Crippen LogP contribution in [0.3, 0.4) is 0 Å². The number of halogens is 1. The van der Waals surface area contributed by atoms with Gasteiger partial charge in [0.1, 0.15) is 5.82 Å². The fraction of sp³-hybridized carbons (Fsp3) is 0.667. The van der Waals surface area contributed by atoms with Crippen molar-refractivity contribution < 1.29 is 27.1 Å².